The van der Waals surface area contributed by atoms with Crippen LogP contribution < -0.4 is 31.1 Å². The van der Waals surface area contributed by atoms with Crippen molar-refractivity contribution in [3.05, 3.63) is 238 Å². The van der Waals surface area contributed by atoms with Crippen LogP contribution in [0.4, 0.5) is 51.2 Å². The van der Waals surface area contributed by atoms with Gasteiger partial charge in [-0.25, -0.2) is 0 Å². The van der Waals surface area contributed by atoms with E-state index in [4.69, 9.17) is 0 Å². The molecule has 0 aromatic heterocycles. The van der Waals surface area contributed by atoms with Crippen LogP contribution in [0.2, 0.25) is 0 Å². The van der Waals surface area contributed by atoms with E-state index in [0.717, 1.165) is 29.2 Å². The molecule has 13 rings (SSSR count). The first-order chi connectivity index (χ1) is 40.7. The van der Waals surface area contributed by atoms with E-state index in [1.165, 1.54) is 112 Å². The van der Waals surface area contributed by atoms with Crippen LogP contribution in [0, 0.1) is 0 Å². The van der Waals surface area contributed by atoms with E-state index in [2.05, 4.69) is 335 Å². The average molecular weight is 1140 g/mol. The number of rotatable bonds is 6. The maximum absolute atomic E-state index is 2.72. The van der Waals surface area contributed by atoms with Crippen LogP contribution in [0.15, 0.2) is 182 Å². The molecule has 4 heteroatoms. The van der Waals surface area contributed by atoms with Crippen molar-refractivity contribution in [1.82, 2.24) is 0 Å². The van der Waals surface area contributed by atoms with Crippen molar-refractivity contribution >= 4 is 74.3 Å². The zero-order chi connectivity index (χ0) is 62.1. The highest BCUT2D eigenvalue weighted by Crippen LogP contribution is 2.57. The van der Waals surface area contributed by atoms with E-state index in [1.807, 2.05) is 0 Å². The van der Waals surface area contributed by atoms with E-state index < -0.39 is 0 Å². The quantitative estimate of drug-likeness (QED) is 0.154. The minimum Gasteiger partial charge on any atom is -0.311 e. The van der Waals surface area contributed by atoms with E-state index in [1.54, 1.807) is 0 Å². The summed E-state index contributed by atoms with van der Waals surface area (Å²) in [4.78, 5) is 7.94. The molecule has 9 aromatic carbocycles. The molecule has 0 unspecified atom stereocenters. The molecule has 0 amide bonds. The third kappa shape index (κ3) is 9.43. The van der Waals surface area contributed by atoms with Crippen LogP contribution in [0.1, 0.15) is 201 Å². The Balaban J connectivity index is 1.20. The van der Waals surface area contributed by atoms with Crippen LogP contribution in [0.5, 0.6) is 0 Å². The lowest BCUT2D eigenvalue weighted by Gasteiger charge is -2.47. The van der Waals surface area contributed by atoms with E-state index in [-0.39, 0.29) is 50.0 Å². The van der Waals surface area contributed by atoms with Crippen LogP contribution in [-0.4, -0.2) is 6.71 Å². The minimum atomic E-state index is -0.259. The number of fused-ring (bicyclic) bond motifs is 7. The highest BCUT2D eigenvalue weighted by molar-refractivity contribution is 7.00. The summed E-state index contributed by atoms with van der Waals surface area (Å²) in [7, 11) is 0. The first-order valence-corrected chi connectivity index (χ1v) is 32.2. The summed E-state index contributed by atoms with van der Waals surface area (Å²) in [6.45, 7) is 47.7. The molecule has 0 fully saturated rings. The van der Waals surface area contributed by atoms with Gasteiger partial charge in [-0.15, -0.1) is 0 Å². The SMILES string of the molecule is CC(C)(C)c1ccc(N(c2ccc(C(C)(C)C)cc2)c2cc3c4c(c2)N(c2ccc(C(C)(C)C)cc2-c2ccccc2)c2ccc(C(C)(C)C)cc2B4c2cc4c(cc2N3c2ccc3c(c2)C(C)(C)c2ccccc2C3(C)C)C(C)(C)CC4(C)C)cc1. The molecule has 4 aliphatic rings. The molecule has 0 bridgehead atoms. The molecule has 0 saturated heterocycles. The number of hydrogen-bond acceptors (Lipinski definition) is 3. The lowest BCUT2D eigenvalue weighted by atomic mass is 9.33. The van der Waals surface area contributed by atoms with Gasteiger partial charge in [0.05, 0.1) is 11.4 Å². The molecule has 442 valence electrons. The summed E-state index contributed by atoms with van der Waals surface area (Å²) in [5, 5.41) is 0. The van der Waals surface area contributed by atoms with Crippen molar-refractivity contribution in [1.29, 1.82) is 0 Å². The highest BCUT2D eigenvalue weighted by atomic mass is 15.2. The van der Waals surface area contributed by atoms with Gasteiger partial charge in [-0.3, -0.25) is 0 Å². The standard InChI is InChI=1S/C83H92BN3/c1-76(2,3)53-30-36-57(37-31-53)85(58-38-32-54(33-39-58)77(4,5)6)60-47-73-75-74(48-60)87(70-42-34-55(78(7,8)9)44-61(70)52-26-22-21-23-27-52)71-43-35-56(79(10,11)12)45-68(71)84(75)69-49-65-66(81(15,16)51-80(65,13)14)50-72(69)86(73)59-40-41-64-67(46-59)83(19,20)63-29-25-24-28-62(63)82(64,17)18/h21-50H,51H2,1-20H3. The van der Waals surface area contributed by atoms with Crippen LogP contribution in [0.25, 0.3) is 11.1 Å². The smallest absolute Gasteiger partial charge is 0.252 e. The zero-order valence-electron chi connectivity index (χ0n) is 55.9. The second-order valence-electron chi connectivity index (χ2n) is 32.7. The molecule has 2 aliphatic heterocycles. The van der Waals surface area contributed by atoms with Crippen LogP contribution in [0.3, 0.4) is 0 Å². The zero-order valence-corrected chi connectivity index (χ0v) is 55.9. The molecule has 87 heavy (non-hydrogen) atoms. The molecule has 9 aromatic rings. The molecule has 0 spiro atoms. The van der Waals surface area contributed by atoms with Gasteiger partial charge in [0.2, 0.25) is 0 Å². The molecular weight excluding hydrogens is 1050 g/mol. The van der Waals surface area contributed by atoms with Gasteiger partial charge in [-0.2, -0.15) is 0 Å². The number of anilines is 9. The maximum Gasteiger partial charge on any atom is 0.252 e. The topological polar surface area (TPSA) is 9.72 Å². The van der Waals surface area contributed by atoms with Gasteiger partial charge >= 0.3 is 0 Å². The van der Waals surface area contributed by atoms with Crippen LogP contribution >= 0.6 is 0 Å². The molecule has 2 heterocycles. The second-order valence-corrected chi connectivity index (χ2v) is 32.7. The third-order valence-electron chi connectivity index (χ3n) is 20.7. The van der Waals surface area contributed by atoms with Gasteiger partial charge in [-0.05, 0) is 189 Å². The largest absolute Gasteiger partial charge is 0.311 e. The summed E-state index contributed by atoms with van der Waals surface area (Å²) in [5.41, 5.74) is 30.1. The fraction of sp³-hybridized carbons (Fsp3) is 0.349. The Morgan fingerprint density at radius 2 is 0.793 bits per heavy atom. The van der Waals surface area contributed by atoms with Gasteiger partial charge in [0.25, 0.3) is 6.71 Å². The number of hydrogen-bond donors (Lipinski definition) is 0. The number of benzene rings is 9. The first-order valence-electron chi connectivity index (χ1n) is 32.2. The Kier molecular flexibility index (Phi) is 13.1. The fourth-order valence-corrected chi connectivity index (χ4v) is 15.9. The van der Waals surface area contributed by atoms with Crippen molar-refractivity contribution in [2.45, 2.75) is 188 Å². The lowest BCUT2D eigenvalue weighted by Crippen LogP contribution is -2.61. The summed E-state index contributed by atoms with van der Waals surface area (Å²) in [6.07, 6.45) is 1.08. The predicted molar refractivity (Wildman–Crippen MR) is 377 cm³/mol. The van der Waals surface area contributed by atoms with Gasteiger partial charge in [0.1, 0.15) is 0 Å². The summed E-state index contributed by atoms with van der Waals surface area (Å²) in [6, 6.07) is 72.1. The Labute approximate surface area is 523 Å². The number of nitrogens with zero attached hydrogens (tertiary/aromatic N) is 3. The molecule has 0 radical (unpaired) electrons. The highest BCUT2D eigenvalue weighted by Gasteiger charge is 2.50. The Morgan fingerprint density at radius 3 is 1.33 bits per heavy atom. The van der Waals surface area contributed by atoms with Crippen molar-refractivity contribution in [2.24, 2.45) is 0 Å². The molecule has 0 atom stereocenters. The summed E-state index contributed by atoms with van der Waals surface area (Å²) < 4.78 is 0. The third-order valence-corrected chi connectivity index (χ3v) is 20.7. The van der Waals surface area contributed by atoms with Gasteiger partial charge < -0.3 is 14.7 Å². The predicted octanol–water partition coefficient (Wildman–Crippen LogP) is 21.0. The summed E-state index contributed by atoms with van der Waals surface area (Å²) >= 11 is 0. The van der Waals surface area contributed by atoms with E-state index in [0.29, 0.717) is 0 Å². The average Bonchev–Trinajstić information content (AvgIpc) is 1.47. The fourth-order valence-electron chi connectivity index (χ4n) is 15.9. The molecule has 3 nitrogen and oxygen atoms in total. The van der Waals surface area contributed by atoms with E-state index >= 15 is 0 Å². The van der Waals surface area contributed by atoms with Crippen molar-refractivity contribution in [3.63, 3.8) is 0 Å². The Hall–Kier alpha value is -7.56. The monoisotopic (exact) mass is 1140 g/mol. The van der Waals surface area contributed by atoms with Crippen molar-refractivity contribution < 1.29 is 0 Å². The molecule has 0 N–H and O–H groups in total. The molecular formula is C83H92BN3. The van der Waals surface area contributed by atoms with E-state index in [9.17, 15) is 0 Å². The van der Waals surface area contributed by atoms with Crippen molar-refractivity contribution in [3.8, 4) is 11.1 Å². The van der Waals surface area contributed by atoms with Crippen LogP contribution in [-0.2, 0) is 43.3 Å². The molecule has 0 saturated carbocycles. The van der Waals surface area contributed by atoms with Gasteiger partial charge in [0, 0.05) is 56.2 Å². The Bertz CT molecular complexity index is 4160. The molecule has 2 aliphatic carbocycles. The normalized spacial score (nSPS) is 16.8. The minimum absolute atomic E-state index is 0.0128. The Morgan fingerprint density at radius 1 is 0.345 bits per heavy atom. The van der Waals surface area contributed by atoms with Crippen molar-refractivity contribution in [2.75, 3.05) is 14.7 Å². The maximum atomic E-state index is 2.72. The van der Waals surface area contributed by atoms with Gasteiger partial charge in [0.15, 0.2) is 0 Å². The summed E-state index contributed by atoms with van der Waals surface area (Å²) in [5.74, 6) is 0. The first kappa shape index (κ1) is 58.5. The lowest BCUT2D eigenvalue weighted by molar-refractivity contribution is 0.403. The second kappa shape index (κ2) is 19.5. The van der Waals surface area contributed by atoms with Gasteiger partial charge in [-0.1, -0.05) is 248 Å².